The summed E-state index contributed by atoms with van der Waals surface area (Å²) in [4.78, 5) is 31.9. The van der Waals surface area contributed by atoms with Crippen molar-refractivity contribution in [2.45, 2.75) is 19.8 Å². The molecule has 0 aromatic carbocycles. The highest BCUT2D eigenvalue weighted by Gasteiger charge is 2.10. The van der Waals surface area contributed by atoms with Gasteiger partial charge in [-0.25, -0.2) is 0 Å². The molecule has 0 aromatic heterocycles. The normalized spacial score (nSPS) is 8.93. The fourth-order valence-corrected chi connectivity index (χ4v) is 0.504. The van der Waals surface area contributed by atoms with E-state index in [1.165, 1.54) is 0 Å². The molecule has 7 heteroatoms. The molecule has 0 rings (SSSR count). The average molecular weight is 202 g/mol. The molecule has 0 aliphatic heterocycles. The lowest BCUT2D eigenvalue weighted by Crippen LogP contribution is -2.16. The van der Waals surface area contributed by atoms with Crippen LogP contribution < -0.4 is 0 Å². The minimum absolute atomic E-state index is 0.203. The molecule has 0 aliphatic carbocycles. The molecule has 0 fully saturated rings. The number of esters is 2. The summed E-state index contributed by atoms with van der Waals surface area (Å²) in [5.41, 5.74) is 0. The van der Waals surface area contributed by atoms with Crippen LogP contribution in [0, 0.1) is 0 Å². The third kappa shape index (κ3) is 6.04. The molecule has 0 saturated carbocycles. The number of hydrogen-bond acceptors (Lipinski definition) is 6. The van der Waals surface area contributed by atoms with Crippen LogP contribution in [0.15, 0.2) is 0 Å². The third-order valence-corrected chi connectivity index (χ3v) is 1.24. The molecule has 0 N–H and O–H groups in total. The van der Waals surface area contributed by atoms with Crippen molar-refractivity contribution in [1.82, 2.24) is 0 Å². The molecule has 0 spiro atoms. The lowest BCUT2D eigenvalue weighted by molar-refractivity contribution is -0.168. The minimum Gasteiger partial charge on any atom is -0.543 e. The van der Waals surface area contributed by atoms with E-state index in [0.29, 0.717) is 0 Å². The predicted octanol–water partition coefficient (Wildman–Crippen LogP) is -1.08. The van der Waals surface area contributed by atoms with Gasteiger partial charge in [0, 0.05) is 6.42 Å². The lowest BCUT2D eigenvalue weighted by Gasteiger charge is -2.04. The zero-order valence-corrected chi connectivity index (χ0v) is 8.07. The van der Waals surface area contributed by atoms with E-state index in [9.17, 15) is 14.4 Å². The number of rotatable bonds is 5. The van der Waals surface area contributed by atoms with E-state index in [-0.39, 0.29) is 6.42 Å². The standard InChI is InChI=1S/C7H11BO6/c1-2-5(9)12-4-13-6(10)3-7(11)14-8/h2-4,8H2,1H3. The van der Waals surface area contributed by atoms with Crippen LogP contribution in [0.25, 0.3) is 0 Å². The van der Waals surface area contributed by atoms with E-state index >= 15 is 0 Å². The quantitative estimate of drug-likeness (QED) is 0.244. The number of carbonyl (C=O) groups excluding carboxylic acids is 3. The van der Waals surface area contributed by atoms with Crippen LogP contribution in [0.2, 0.25) is 0 Å². The molecule has 0 bridgehead atoms. The second-order valence-corrected chi connectivity index (χ2v) is 2.26. The van der Waals surface area contributed by atoms with Crippen LogP contribution in [-0.4, -0.2) is 32.7 Å². The zero-order chi connectivity index (χ0) is 11.0. The van der Waals surface area contributed by atoms with Gasteiger partial charge in [0.15, 0.2) is 0 Å². The van der Waals surface area contributed by atoms with Crippen molar-refractivity contribution in [3.05, 3.63) is 0 Å². The molecule has 0 unspecified atom stereocenters. The maximum atomic E-state index is 10.8. The van der Waals surface area contributed by atoms with Gasteiger partial charge >= 0.3 is 20.0 Å². The van der Waals surface area contributed by atoms with Gasteiger partial charge in [-0.1, -0.05) is 6.92 Å². The Hall–Kier alpha value is -1.53. The molecule has 78 valence electrons. The van der Waals surface area contributed by atoms with Gasteiger partial charge in [-0.3, -0.25) is 14.4 Å². The summed E-state index contributed by atoms with van der Waals surface area (Å²) in [6.45, 7) is 1.14. The smallest absolute Gasteiger partial charge is 0.325 e. The second-order valence-electron chi connectivity index (χ2n) is 2.26. The van der Waals surface area contributed by atoms with Gasteiger partial charge in [0.2, 0.25) is 6.79 Å². The summed E-state index contributed by atoms with van der Waals surface area (Å²) in [5.74, 6) is -1.96. The van der Waals surface area contributed by atoms with Gasteiger partial charge in [0.05, 0.1) is 0 Å². The lowest BCUT2D eigenvalue weighted by atomic mass is 10.4. The first-order valence-corrected chi connectivity index (χ1v) is 3.98. The van der Waals surface area contributed by atoms with Gasteiger partial charge in [-0.2, -0.15) is 0 Å². The Morgan fingerprint density at radius 1 is 1.07 bits per heavy atom. The van der Waals surface area contributed by atoms with Crippen molar-refractivity contribution in [3.63, 3.8) is 0 Å². The molecular weight excluding hydrogens is 191 g/mol. The van der Waals surface area contributed by atoms with Gasteiger partial charge in [-0.15, -0.1) is 0 Å². The summed E-state index contributed by atoms with van der Waals surface area (Å²) < 4.78 is 13.1. The molecular formula is C7H11BO6. The first kappa shape index (κ1) is 12.5. The van der Waals surface area contributed by atoms with Crippen molar-refractivity contribution in [1.29, 1.82) is 0 Å². The molecule has 0 aliphatic rings. The topological polar surface area (TPSA) is 78.9 Å². The highest BCUT2D eigenvalue weighted by molar-refractivity contribution is 6.07. The molecule has 0 atom stereocenters. The molecule has 6 nitrogen and oxygen atoms in total. The molecule has 0 amide bonds. The van der Waals surface area contributed by atoms with Crippen LogP contribution >= 0.6 is 0 Å². The molecule has 0 aromatic rings. The summed E-state index contributed by atoms with van der Waals surface area (Å²) in [5, 5.41) is 0. The summed E-state index contributed by atoms with van der Waals surface area (Å²) >= 11 is 0. The van der Waals surface area contributed by atoms with Gasteiger partial charge in [-0.05, 0) is 0 Å². The average Bonchev–Trinajstić information content (AvgIpc) is 2.17. The first-order chi connectivity index (χ1) is 6.60. The Balaban J connectivity index is 3.54. The predicted molar refractivity (Wildman–Crippen MR) is 46.6 cm³/mol. The van der Waals surface area contributed by atoms with Gasteiger partial charge in [0.1, 0.15) is 6.42 Å². The third-order valence-electron chi connectivity index (χ3n) is 1.24. The van der Waals surface area contributed by atoms with E-state index in [2.05, 4.69) is 14.1 Å². The van der Waals surface area contributed by atoms with E-state index in [0.717, 1.165) is 8.05 Å². The van der Waals surface area contributed by atoms with Crippen LogP contribution in [0.5, 0.6) is 0 Å². The van der Waals surface area contributed by atoms with E-state index in [4.69, 9.17) is 0 Å². The Kier molecular flexibility index (Phi) is 6.18. The highest BCUT2D eigenvalue weighted by atomic mass is 16.7. The number of hydrogen-bond donors (Lipinski definition) is 0. The SMILES string of the molecule is BOC(=O)CC(=O)OCOC(=O)CC. The van der Waals surface area contributed by atoms with E-state index in [1.54, 1.807) is 6.92 Å². The van der Waals surface area contributed by atoms with Crippen molar-refractivity contribution < 1.29 is 28.5 Å². The van der Waals surface area contributed by atoms with Crippen LogP contribution in [-0.2, 0) is 28.5 Å². The summed E-state index contributed by atoms with van der Waals surface area (Å²) in [6.07, 6.45) is -0.283. The van der Waals surface area contributed by atoms with Crippen molar-refractivity contribution in [3.8, 4) is 0 Å². The Bertz CT molecular complexity index is 226. The summed E-state index contributed by atoms with van der Waals surface area (Å²) in [6, 6.07) is 0. The highest BCUT2D eigenvalue weighted by Crippen LogP contribution is 1.91. The maximum Gasteiger partial charge on any atom is 0.325 e. The first-order valence-electron chi connectivity index (χ1n) is 3.98. The van der Waals surface area contributed by atoms with Gasteiger partial charge < -0.3 is 14.1 Å². The fraction of sp³-hybridized carbons (Fsp3) is 0.571. The fourth-order valence-electron chi connectivity index (χ4n) is 0.504. The van der Waals surface area contributed by atoms with Crippen molar-refractivity contribution >= 4 is 26.0 Å². The van der Waals surface area contributed by atoms with E-state index in [1.807, 2.05) is 0 Å². The Labute approximate surface area is 81.9 Å². The second kappa shape index (κ2) is 6.93. The van der Waals surface area contributed by atoms with Crippen LogP contribution in [0.1, 0.15) is 19.8 Å². The largest absolute Gasteiger partial charge is 0.543 e. The maximum absolute atomic E-state index is 10.8. The molecule has 0 saturated heterocycles. The summed E-state index contributed by atoms with van der Waals surface area (Å²) in [7, 11) is 1.16. The van der Waals surface area contributed by atoms with Crippen LogP contribution in [0.3, 0.4) is 0 Å². The molecule has 0 heterocycles. The van der Waals surface area contributed by atoms with E-state index < -0.39 is 31.1 Å². The van der Waals surface area contributed by atoms with Crippen molar-refractivity contribution in [2.24, 2.45) is 0 Å². The monoisotopic (exact) mass is 202 g/mol. The van der Waals surface area contributed by atoms with Crippen LogP contribution in [0.4, 0.5) is 0 Å². The minimum atomic E-state index is -0.791. The Morgan fingerprint density at radius 3 is 2.14 bits per heavy atom. The molecule has 0 radical (unpaired) electrons. The number of carbonyl (C=O) groups is 3. The number of ether oxygens (including phenoxy) is 2. The molecule has 14 heavy (non-hydrogen) atoms. The van der Waals surface area contributed by atoms with Gasteiger partial charge in [0.25, 0.3) is 5.97 Å². The van der Waals surface area contributed by atoms with Crippen molar-refractivity contribution in [2.75, 3.05) is 6.79 Å². The zero-order valence-electron chi connectivity index (χ0n) is 8.07. The Morgan fingerprint density at radius 2 is 1.64 bits per heavy atom.